The topological polar surface area (TPSA) is 90.9 Å². The van der Waals surface area contributed by atoms with Gasteiger partial charge in [-0.3, -0.25) is 9.69 Å². The SMILES string of the molecule is CNC(/C(C(=O)OCC1CCN(Cc2ccccc2)CC1)=C(/C)NC=O)c1cccc(O)c1. The van der Waals surface area contributed by atoms with Crippen molar-refractivity contribution in [1.29, 1.82) is 0 Å². The van der Waals surface area contributed by atoms with Crippen LogP contribution in [0.5, 0.6) is 5.75 Å². The van der Waals surface area contributed by atoms with Gasteiger partial charge in [0, 0.05) is 12.2 Å². The maximum Gasteiger partial charge on any atom is 0.337 e. The molecule has 1 unspecified atom stereocenters. The summed E-state index contributed by atoms with van der Waals surface area (Å²) in [7, 11) is 1.72. The fourth-order valence-electron chi connectivity index (χ4n) is 4.26. The number of hydrogen-bond acceptors (Lipinski definition) is 6. The number of rotatable bonds is 10. The van der Waals surface area contributed by atoms with Crippen LogP contribution < -0.4 is 10.6 Å². The Morgan fingerprint density at radius 2 is 1.91 bits per heavy atom. The molecule has 0 radical (unpaired) electrons. The molecule has 1 aliphatic rings. The number of amides is 1. The number of carbonyl (C=O) groups excluding carboxylic acids is 2. The molecule has 33 heavy (non-hydrogen) atoms. The third kappa shape index (κ3) is 6.91. The van der Waals surface area contributed by atoms with Crippen molar-refractivity contribution in [1.82, 2.24) is 15.5 Å². The zero-order valence-corrected chi connectivity index (χ0v) is 19.3. The van der Waals surface area contributed by atoms with Crippen molar-refractivity contribution >= 4 is 12.4 Å². The number of nitrogens with zero attached hydrogens (tertiary/aromatic N) is 1. The molecule has 1 amide bonds. The van der Waals surface area contributed by atoms with Crippen molar-refractivity contribution in [2.75, 3.05) is 26.7 Å². The molecule has 0 aromatic heterocycles. The molecule has 0 aliphatic carbocycles. The van der Waals surface area contributed by atoms with Gasteiger partial charge in [0.25, 0.3) is 0 Å². The Kier molecular flexibility index (Phi) is 9.04. The number of nitrogens with one attached hydrogen (secondary N) is 2. The second-order valence-electron chi connectivity index (χ2n) is 8.42. The lowest BCUT2D eigenvalue weighted by molar-refractivity contribution is -0.141. The molecular weight excluding hydrogens is 418 g/mol. The van der Waals surface area contributed by atoms with E-state index in [1.54, 1.807) is 32.2 Å². The number of benzene rings is 2. The van der Waals surface area contributed by atoms with Crippen molar-refractivity contribution in [3.05, 3.63) is 77.0 Å². The monoisotopic (exact) mass is 451 g/mol. The predicted molar refractivity (Wildman–Crippen MR) is 127 cm³/mol. The highest BCUT2D eigenvalue weighted by atomic mass is 16.5. The van der Waals surface area contributed by atoms with Crippen molar-refractivity contribution in [3.8, 4) is 5.75 Å². The number of aromatic hydroxyl groups is 1. The summed E-state index contributed by atoms with van der Waals surface area (Å²) in [6.45, 7) is 4.87. The van der Waals surface area contributed by atoms with Crippen LogP contribution in [0.15, 0.2) is 65.9 Å². The van der Waals surface area contributed by atoms with Gasteiger partial charge in [-0.25, -0.2) is 4.79 Å². The fraction of sp³-hybridized carbons (Fsp3) is 0.385. The zero-order chi connectivity index (χ0) is 23.6. The number of hydrogen-bond donors (Lipinski definition) is 3. The molecule has 3 rings (SSSR count). The number of ether oxygens (including phenoxy) is 1. The van der Waals surface area contributed by atoms with Gasteiger partial charge in [0.1, 0.15) is 5.75 Å². The molecule has 0 bridgehead atoms. The summed E-state index contributed by atoms with van der Waals surface area (Å²) < 4.78 is 5.73. The predicted octanol–water partition coefficient (Wildman–Crippen LogP) is 3.13. The largest absolute Gasteiger partial charge is 0.508 e. The molecule has 2 aromatic carbocycles. The van der Waals surface area contributed by atoms with Crippen LogP contribution in [-0.4, -0.2) is 49.1 Å². The van der Waals surface area contributed by atoms with E-state index in [1.807, 2.05) is 12.1 Å². The molecule has 2 aromatic rings. The number of piperidine rings is 1. The summed E-state index contributed by atoms with van der Waals surface area (Å²) in [5.41, 5.74) is 2.73. The van der Waals surface area contributed by atoms with Gasteiger partial charge < -0.3 is 20.5 Å². The summed E-state index contributed by atoms with van der Waals surface area (Å²) >= 11 is 0. The number of phenols is 1. The van der Waals surface area contributed by atoms with Crippen LogP contribution in [0.3, 0.4) is 0 Å². The Balaban J connectivity index is 1.61. The van der Waals surface area contributed by atoms with Crippen molar-refractivity contribution < 1.29 is 19.4 Å². The van der Waals surface area contributed by atoms with E-state index in [0.717, 1.165) is 32.5 Å². The van der Waals surface area contributed by atoms with Crippen molar-refractivity contribution in [2.45, 2.75) is 32.4 Å². The van der Waals surface area contributed by atoms with E-state index < -0.39 is 12.0 Å². The number of phenolic OH excluding ortho intramolecular Hbond substituents is 1. The average Bonchev–Trinajstić information content (AvgIpc) is 2.82. The fourth-order valence-corrected chi connectivity index (χ4v) is 4.26. The van der Waals surface area contributed by atoms with E-state index in [0.29, 0.717) is 35.8 Å². The zero-order valence-electron chi connectivity index (χ0n) is 19.3. The molecule has 1 fully saturated rings. The number of carbonyl (C=O) groups is 2. The van der Waals surface area contributed by atoms with E-state index in [1.165, 1.54) is 5.56 Å². The van der Waals surface area contributed by atoms with Gasteiger partial charge in [-0.15, -0.1) is 0 Å². The number of allylic oxidation sites excluding steroid dienone is 1. The van der Waals surface area contributed by atoms with Crippen LogP contribution in [0, 0.1) is 5.92 Å². The first-order valence-electron chi connectivity index (χ1n) is 11.3. The van der Waals surface area contributed by atoms with Gasteiger partial charge in [-0.2, -0.15) is 0 Å². The molecule has 1 atom stereocenters. The summed E-state index contributed by atoms with van der Waals surface area (Å²) in [4.78, 5) is 26.6. The lowest BCUT2D eigenvalue weighted by Crippen LogP contribution is -2.35. The Morgan fingerprint density at radius 1 is 1.18 bits per heavy atom. The lowest BCUT2D eigenvalue weighted by Gasteiger charge is -2.32. The van der Waals surface area contributed by atoms with Crippen molar-refractivity contribution in [3.63, 3.8) is 0 Å². The van der Waals surface area contributed by atoms with E-state index in [4.69, 9.17) is 4.74 Å². The third-order valence-electron chi connectivity index (χ3n) is 6.09. The number of esters is 1. The Bertz CT molecular complexity index is 953. The summed E-state index contributed by atoms with van der Waals surface area (Å²) in [5.74, 6) is -0.0737. The highest BCUT2D eigenvalue weighted by molar-refractivity contribution is 5.91. The second-order valence-corrected chi connectivity index (χ2v) is 8.42. The highest BCUT2D eigenvalue weighted by Gasteiger charge is 2.27. The van der Waals surface area contributed by atoms with Crippen LogP contribution in [0.25, 0.3) is 0 Å². The first kappa shape index (κ1) is 24.5. The maximum atomic E-state index is 13.1. The summed E-state index contributed by atoms with van der Waals surface area (Å²) in [5, 5.41) is 15.6. The molecule has 176 valence electrons. The minimum absolute atomic E-state index is 0.101. The van der Waals surface area contributed by atoms with Gasteiger partial charge in [0.05, 0.1) is 18.2 Å². The Labute approximate surface area is 195 Å². The van der Waals surface area contributed by atoms with E-state index in [2.05, 4.69) is 39.8 Å². The average molecular weight is 452 g/mol. The minimum Gasteiger partial charge on any atom is -0.508 e. The molecule has 1 saturated heterocycles. The lowest BCUT2D eigenvalue weighted by atomic mass is 9.96. The quantitative estimate of drug-likeness (QED) is 0.292. The first-order chi connectivity index (χ1) is 16.0. The standard InChI is InChI=1S/C26H33N3O4/c1-19(28-18-30)24(25(27-2)22-9-6-10-23(31)15-22)26(32)33-17-21-11-13-29(14-12-21)16-20-7-4-3-5-8-20/h3-10,15,18,21,25,27,31H,11-14,16-17H2,1-2H3,(H,28,30)/b24-19+. The maximum absolute atomic E-state index is 13.1. The minimum atomic E-state index is -0.537. The first-order valence-corrected chi connectivity index (χ1v) is 11.3. The van der Waals surface area contributed by atoms with Crippen LogP contribution in [0.2, 0.25) is 0 Å². The summed E-state index contributed by atoms with van der Waals surface area (Å²) in [6, 6.07) is 16.6. The summed E-state index contributed by atoms with van der Waals surface area (Å²) in [6.07, 6.45) is 2.47. The van der Waals surface area contributed by atoms with E-state index in [-0.39, 0.29) is 5.75 Å². The van der Waals surface area contributed by atoms with Crippen LogP contribution in [-0.2, 0) is 20.9 Å². The second kappa shape index (κ2) is 12.2. The molecule has 7 nitrogen and oxygen atoms in total. The van der Waals surface area contributed by atoms with Crippen LogP contribution in [0.4, 0.5) is 0 Å². The van der Waals surface area contributed by atoms with Crippen LogP contribution in [0.1, 0.15) is 36.9 Å². The number of likely N-dealkylation sites (tertiary alicyclic amines) is 1. The molecule has 7 heteroatoms. The van der Waals surface area contributed by atoms with Gasteiger partial charge in [0.15, 0.2) is 0 Å². The van der Waals surface area contributed by atoms with Gasteiger partial charge in [0.2, 0.25) is 6.41 Å². The molecule has 1 aliphatic heterocycles. The van der Waals surface area contributed by atoms with E-state index in [9.17, 15) is 14.7 Å². The van der Waals surface area contributed by atoms with E-state index >= 15 is 0 Å². The molecule has 0 saturated carbocycles. The molecule has 0 spiro atoms. The smallest absolute Gasteiger partial charge is 0.337 e. The molecular formula is C26H33N3O4. The number of likely N-dealkylation sites (N-methyl/N-ethyl adjacent to an activating group) is 1. The van der Waals surface area contributed by atoms with Gasteiger partial charge in [-0.05, 0) is 69.1 Å². The van der Waals surface area contributed by atoms with Gasteiger partial charge in [-0.1, -0.05) is 42.5 Å². The van der Waals surface area contributed by atoms with Crippen molar-refractivity contribution in [2.24, 2.45) is 5.92 Å². The Morgan fingerprint density at radius 3 is 2.55 bits per heavy atom. The normalized spacial score (nSPS) is 16.5. The molecule has 3 N–H and O–H groups in total. The molecule has 1 heterocycles. The van der Waals surface area contributed by atoms with Crippen LogP contribution >= 0.6 is 0 Å². The van der Waals surface area contributed by atoms with Gasteiger partial charge >= 0.3 is 5.97 Å². The Hall–Kier alpha value is -3.16. The third-order valence-corrected chi connectivity index (χ3v) is 6.09. The highest BCUT2D eigenvalue weighted by Crippen LogP contribution is 2.28.